The van der Waals surface area contributed by atoms with Gasteiger partial charge in [0.1, 0.15) is 11.9 Å². The third-order valence-electron chi connectivity index (χ3n) is 3.52. The minimum Gasteiger partial charge on any atom is -0.467 e. The summed E-state index contributed by atoms with van der Waals surface area (Å²) in [4.78, 5) is 12.2. The second kappa shape index (κ2) is 7.64. The number of carbonyl (C=O) groups is 1. The van der Waals surface area contributed by atoms with Crippen LogP contribution in [-0.4, -0.2) is 17.6 Å². The van der Waals surface area contributed by atoms with Crippen molar-refractivity contribution in [3.63, 3.8) is 0 Å². The number of benzene rings is 1. The van der Waals surface area contributed by atoms with Crippen molar-refractivity contribution in [1.29, 1.82) is 0 Å². The van der Waals surface area contributed by atoms with Crippen LogP contribution in [0.3, 0.4) is 0 Å². The summed E-state index contributed by atoms with van der Waals surface area (Å²) in [6.07, 6.45) is 2.03. The zero-order valence-corrected chi connectivity index (χ0v) is 12.2. The molecule has 2 N–H and O–H groups in total. The standard InChI is InChI=1S/C17H21NO3/c1-2-14(13-7-4-3-5-8-13)17(20)18-11-10-15(19)16-9-6-12-21-16/h3-9,12,14-15,19H,2,10-11H2,1H3,(H,18,20)/t14-,15-/m0/s1. The molecular formula is C17H21NO3. The summed E-state index contributed by atoms with van der Waals surface area (Å²) < 4.78 is 5.13. The molecule has 0 saturated carbocycles. The lowest BCUT2D eigenvalue weighted by Crippen LogP contribution is -2.30. The van der Waals surface area contributed by atoms with Gasteiger partial charge in [0.2, 0.25) is 5.91 Å². The largest absolute Gasteiger partial charge is 0.467 e. The number of aliphatic hydroxyl groups is 1. The van der Waals surface area contributed by atoms with Gasteiger partial charge in [-0.15, -0.1) is 0 Å². The van der Waals surface area contributed by atoms with E-state index in [-0.39, 0.29) is 11.8 Å². The van der Waals surface area contributed by atoms with E-state index in [9.17, 15) is 9.90 Å². The van der Waals surface area contributed by atoms with Crippen LogP contribution in [0.5, 0.6) is 0 Å². The highest BCUT2D eigenvalue weighted by Gasteiger charge is 2.18. The number of carbonyl (C=O) groups excluding carboxylic acids is 1. The molecule has 0 aliphatic heterocycles. The summed E-state index contributed by atoms with van der Waals surface area (Å²) in [6.45, 7) is 2.42. The predicted molar refractivity (Wildman–Crippen MR) is 80.8 cm³/mol. The lowest BCUT2D eigenvalue weighted by atomic mass is 9.95. The Balaban J connectivity index is 1.83. The smallest absolute Gasteiger partial charge is 0.227 e. The summed E-state index contributed by atoms with van der Waals surface area (Å²) in [5, 5.41) is 12.8. The van der Waals surface area contributed by atoms with Crippen molar-refractivity contribution >= 4 is 5.91 Å². The molecule has 1 aromatic heterocycles. The van der Waals surface area contributed by atoms with Crippen LogP contribution in [0, 0.1) is 0 Å². The van der Waals surface area contributed by atoms with E-state index >= 15 is 0 Å². The van der Waals surface area contributed by atoms with Gasteiger partial charge in [0.15, 0.2) is 0 Å². The van der Waals surface area contributed by atoms with E-state index in [1.807, 2.05) is 37.3 Å². The van der Waals surface area contributed by atoms with Crippen LogP contribution >= 0.6 is 0 Å². The molecule has 0 aliphatic carbocycles. The Kier molecular flexibility index (Phi) is 5.58. The van der Waals surface area contributed by atoms with Crippen LogP contribution in [-0.2, 0) is 4.79 Å². The summed E-state index contributed by atoms with van der Waals surface area (Å²) in [7, 11) is 0. The number of hydrogen-bond acceptors (Lipinski definition) is 3. The van der Waals surface area contributed by atoms with Gasteiger partial charge in [-0.05, 0) is 30.5 Å². The van der Waals surface area contributed by atoms with Gasteiger partial charge >= 0.3 is 0 Å². The molecule has 1 heterocycles. The maximum Gasteiger partial charge on any atom is 0.227 e. The fraction of sp³-hybridized carbons (Fsp3) is 0.353. The molecule has 0 saturated heterocycles. The quantitative estimate of drug-likeness (QED) is 0.823. The van der Waals surface area contributed by atoms with Gasteiger partial charge in [0.25, 0.3) is 0 Å². The van der Waals surface area contributed by atoms with Crippen molar-refractivity contribution in [3.8, 4) is 0 Å². The van der Waals surface area contributed by atoms with E-state index < -0.39 is 6.10 Å². The third-order valence-corrected chi connectivity index (χ3v) is 3.52. The fourth-order valence-corrected chi connectivity index (χ4v) is 2.34. The second-order valence-electron chi connectivity index (χ2n) is 4.98. The molecule has 0 spiro atoms. The lowest BCUT2D eigenvalue weighted by molar-refractivity contribution is -0.122. The number of aliphatic hydroxyl groups excluding tert-OH is 1. The zero-order chi connectivity index (χ0) is 15.1. The number of nitrogens with one attached hydrogen (secondary N) is 1. The molecule has 2 aromatic rings. The van der Waals surface area contributed by atoms with E-state index in [0.717, 1.165) is 12.0 Å². The molecule has 0 radical (unpaired) electrons. The number of furan rings is 1. The highest BCUT2D eigenvalue weighted by atomic mass is 16.4. The van der Waals surface area contributed by atoms with Crippen LogP contribution in [0.15, 0.2) is 53.1 Å². The number of rotatable bonds is 7. The third kappa shape index (κ3) is 4.20. The van der Waals surface area contributed by atoms with Crippen LogP contribution < -0.4 is 5.32 Å². The van der Waals surface area contributed by atoms with Crippen molar-refractivity contribution in [1.82, 2.24) is 5.32 Å². The molecule has 4 heteroatoms. The van der Waals surface area contributed by atoms with E-state index in [4.69, 9.17) is 4.42 Å². The monoisotopic (exact) mass is 287 g/mol. The van der Waals surface area contributed by atoms with Crippen molar-refractivity contribution in [3.05, 3.63) is 60.1 Å². The van der Waals surface area contributed by atoms with Gasteiger partial charge in [0.05, 0.1) is 12.2 Å². The average Bonchev–Trinajstić information content (AvgIpc) is 3.03. The van der Waals surface area contributed by atoms with Gasteiger partial charge < -0.3 is 14.8 Å². The zero-order valence-electron chi connectivity index (χ0n) is 12.2. The molecule has 0 bridgehead atoms. The van der Waals surface area contributed by atoms with E-state index in [1.54, 1.807) is 12.1 Å². The SMILES string of the molecule is CC[C@H](C(=O)NCC[C@H](O)c1ccco1)c1ccccc1. The highest BCUT2D eigenvalue weighted by Crippen LogP contribution is 2.20. The minimum absolute atomic E-state index is 0.00431. The molecular weight excluding hydrogens is 266 g/mol. The Bertz CT molecular complexity index is 536. The molecule has 112 valence electrons. The van der Waals surface area contributed by atoms with Crippen LogP contribution in [0.1, 0.15) is 43.1 Å². The first-order valence-corrected chi connectivity index (χ1v) is 7.26. The normalized spacial score (nSPS) is 13.6. The molecule has 2 atom stereocenters. The molecule has 0 fully saturated rings. The van der Waals surface area contributed by atoms with Gasteiger partial charge in [-0.3, -0.25) is 4.79 Å². The first kappa shape index (κ1) is 15.3. The van der Waals surface area contributed by atoms with Gasteiger partial charge in [-0.2, -0.15) is 0 Å². The fourth-order valence-electron chi connectivity index (χ4n) is 2.34. The van der Waals surface area contributed by atoms with Crippen molar-refractivity contribution in [2.24, 2.45) is 0 Å². The summed E-state index contributed by atoms with van der Waals surface area (Å²) >= 11 is 0. The Morgan fingerprint density at radius 3 is 2.62 bits per heavy atom. The van der Waals surface area contributed by atoms with Crippen molar-refractivity contribution in [2.45, 2.75) is 31.8 Å². The first-order chi connectivity index (χ1) is 10.2. The van der Waals surface area contributed by atoms with E-state index in [1.165, 1.54) is 6.26 Å². The second-order valence-corrected chi connectivity index (χ2v) is 4.98. The van der Waals surface area contributed by atoms with Crippen LogP contribution in [0.25, 0.3) is 0 Å². The molecule has 1 aromatic carbocycles. The summed E-state index contributed by atoms with van der Waals surface area (Å²) in [5.41, 5.74) is 1.02. The topological polar surface area (TPSA) is 62.5 Å². The maximum atomic E-state index is 12.2. The predicted octanol–water partition coefficient (Wildman–Crippen LogP) is 3.01. The maximum absolute atomic E-state index is 12.2. The Morgan fingerprint density at radius 1 is 1.24 bits per heavy atom. The number of amides is 1. The minimum atomic E-state index is -0.683. The molecule has 4 nitrogen and oxygen atoms in total. The summed E-state index contributed by atoms with van der Waals surface area (Å²) in [5.74, 6) is 0.377. The van der Waals surface area contributed by atoms with Crippen molar-refractivity contribution in [2.75, 3.05) is 6.54 Å². The molecule has 0 unspecified atom stereocenters. The Labute approximate surface area is 124 Å². The van der Waals surface area contributed by atoms with Gasteiger partial charge in [-0.1, -0.05) is 37.3 Å². The van der Waals surface area contributed by atoms with E-state index in [0.29, 0.717) is 18.7 Å². The van der Waals surface area contributed by atoms with Gasteiger partial charge in [0, 0.05) is 6.54 Å². The van der Waals surface area contributed by atoms with E-state index in [2.05, 4.69) is 5.32 Å². The molecule has 21 heavy (non-hydrogen) atoms. The highest BCUT2D eigenvalue weighted by molar-refractivity contribution is 5.83. The van der Waals surface area contributed by atoms with Crippen LogP contribution in [0.4, 0.5) is 0 Å². The van der Waals surface area contributed by atoms with Crippen molar-refractivity contribution < 1.29 is 14.3 Å². The molecule has 2 rings (SSSR count). The first-order valence-electron chi connectivity index (χ1n) is 7.26. The molecule has 1 amide bonds. The van der Waals surface area contributed by atoms with Crippen LogP contribution in [0.2, 0.25) is 0 Å². The summed E-state index contributed by atoms with van der Waals surface area (Å²) in [6, 6.07) is 13.2. The number of hydrogen-bond donors (Lipinski definition) is 2. The van der Waals surface area contributed by atoms with Gasteiger partial charge in [-0.25, -0.2) is 0 Å². The molecule has 0 aliphatic rings. The Morgan fingerprint density at radius 2 is 2.00 bits per heavy atom. The Hall–Kier alpha value is -2.07. The lowest BCUT2D eigenvalue weighted by Gasteiger charge is -2.16. The average molecular weight is 287 g/mol.